The minimum absolute atomic E-state index is 0.704. The molecule has 1 N–H and O–H groups in total. The molecule has 0 spiro atoms. The minimum Gasteiger partial charge on any atom is -0.313 e. The van der Waals surface area contributed by atoms with E-state index in [9.17, 15) is 0 Å². The van der Waals surface area contributed by atoms with Gasteiger partial charge in [-0.1, -0.05) is 30.7 Å². The lowest BCUT2D eigenvalue weighted by Crippen LogP contribution is -2.17. The fourth-order valence-corrected chi connectivity index (χ4v) is 2.33. The highest BCUT2D eigenvalue weighted by molar-refractivity contribution is 6.30. The van der Waals surface area contributed by atoms with Gasteiger partial charge in [0, 0.05) is 34.1 Å². The molecule has 0 bridgehead atoms. The zero-order chi connectivity index (χ0) is 14.5. The SMILES string of the molecule is CCCNCc1c(C)nc(-c2cccc(Cl)c2)nc1C. The predicted molar refractivity (Wildman–Crippen MR) is 83.9 cm³/mol. The van der Waals surface area contributed by atoms with Gasteiger partial charge in [-0.25, -0.2) is 9.97 Å². The second-order valence-electron chi connectivity index (χ2n) is 4.88. The van der Waals surface area contributed by atoms with Crippen molar-refractivity contribution in [3.05, 3.63) is 46.2 Å². The van der Waals surface area contributed by atoms with Crippen LogP contribution in [-0.4, -0.2) is 16.5 Å². The first-order valence-corrected chi connectivity index (χ1v) is 7.30. The van der Waals surface area contributed by atoms with Gasteiger partial charge in [0.05, 0.1) is 0 Å². The summed E-state index contributed by atoms with van der Waals surface area (Å²) in [5.41, 5.74) is 4.19. The van der Waals surface area contributed by atoms with E-state index in [1.807, 2.05) is 38.1 Å². The molecule has 0 saturated heterocycles. The number of aromatic nitrogens is 2. The summed E-state index contributed by atoms with van der Waals surface area (Å²) in [6.45, 7) is 8.05. The van der Waals surface area contributed by atoms with Crippen molar-refractivity contribution in [2.75, 3.05) is 6.54 Å². The topological polar surface area (TPSA) is 37.8 Å². The highest BCUT2D eigenvalue weighted by Gasteiger charge is 2.09. The number of aryl methyl sites for hydroxylation is 2. The van der Waals surface area contributed by atoms with E-state index in [-0.39, 0.29) is 0 Å². The lowest BCUT2D eigenvalue weighted by atomic mass is 10.1. The Kier molecular flexibility index (Phi) is 5.10. The molecule has 0 radical (unpaired) electrons. The maximum Gasteiger partial charge on any atom is 0.159 e. The van der Waals surface area contributed by atoms with Crippen molar-refractivity contribution in [1.29, 1.82) is 0 Å². The van der Waals surface area contributed by atoms with E-state index in [1.165, 1.54) is 5.56 Å². The normalized spacial score (nSPS) is 10.8. The molecule has 0 aliphatic rings. The standard InChI is InChI=1S/C16H20ClN3/c1-4-8-18-10-15-11(2)19-16(20-12(15)3)13-6-5-7-14(17)9-13/h5-7,9,18H,4,8,10H2,1-3H3. The second-order valence-corrected chi connectivity index (χ2v) is 5.32. The predicted octanol–water partition coefficient (Wildman–Crippen LogP) is 3.91. The molecule has 1 aromatic carbocycles. The van der Waals surface area contributed by atoms with Gasteiger partial charge in [-0.2, -0.15) is 0 Å². The molecule has 20 heavy (non-hydrogen) atoms. The van der Waals surface area contributed by atoms with Crippen LogP contribution in [0.5, 0.6) is 0 Å². The van der Waals surface area contributed by atoms with Gasteiger partial charge in [-0.05, 0) is 38.9 Å². The third kappa shape index (κ3) is 3.56. The molecule has 0 fully saturated rings. The first kappa shape index (κ1) is 14.9. The van der Waals surface area contributed by atoms with Crippen molar-refractivity contribution < 1.29 is 0 Å². The van der Waals surface area contributed by atoms with Gasteiger partial charge in [0.25, 0.3) is 0 Å². The summed E-state index contributed by atoms with van der Waals surface area (Å²) in [6.07, 6.45) is 1.12. The summed E-state index contributed by atoms with van der Waals surface area (Å²) < 4.78 is 0. The van der Waals surface area contributed by atoms with E-state index in [0.29, 0.717) is 5.02 Å². The zero-order valence-electron chi connectivity index (χ0n) is 12.2. The van der Waals surface area contributed by atoms with Crippen LogP contribution in [0.15, 0.2) is 24.3 Å². The lowest BCUT2D eigenvalue weighted by molar-refractivity contribution is 0.665. The Hall–Kier alpha value is -1.45. The summed E-state index contributed by atoms with van der Waals surface area (Å²) in [5.74, 6) is 0.738. The van der Waals surface area contributed by atoms with E-state index in [4.69, 9.17) is 11.6 Å². The molecule has 0 amide bonds. The molecule has 0 unspecified atom stereocenters. The van der Waals surface area contributed by atoms with Crippen LogP contribution in [-0.2, 0) is 6.54 Å². The summed E-state index contributed by atoms with van der Waals surface area (Å²) in [7, 11) is 0. The van der Waals surface area contributed by atoms with E-state index >= 15 is 0 Å². The van der Waals surface area contributed by atoms with E-state index in [2.05, 4.69) is 22.2 Å². The molecular weight excluding hydrogens is 270 g/mol. The maximum atomic E-state index is 6.02. The van der Waals surface area contributed by atoms with Crippen molar-refractivity contribution in [2.24, 2.45) is 0 Å². The van der Waals surface area contributed by atoms with Crippen molar-refractivity contribution in [3.8, 4) is 11.4 Å². The number of hydrogen-bond acceptors (Lipinski definition) is 3. The Morgan fingerprint density at radius 1 is 1.15 bits per heavy atom. The second kappa shape index (κ2) is 6.82. The summed E-state index contributed by atoms with van der Waals surface area (Å²) in [5, 5.41) is 4.10. The fourth-order valence-electron chi connectivity index (χ4n) is 2.14. The van der Waals surface area contributed by atoms with E-state index < -0.39 is 0 Å². The number of nitrogens with one attached hydrogen (secondary N) is 1. The first-order valence-electron chi connectivity index (χ1n) is 6.92. The third-order valence-electron chi connectivity index (χ3n) is 3.23. The van der Waals surface area contributed by atoms with E-state index in [1.54, 1.807) is 0 Å². The molecule has 0 aliphatic heterocycles. The monoisotopic (exact) mass is 289 g/mol. The number of halogens is 1. The molecule has 2 rings (SSSR count). The number of hydrogen-bond donors (Lipinski definition) is 1. The van der Waals surface area contributed by atoms with Crippen LogP contribution in [0, 0.1) is 13.8 Å². The molecule has 4 heteroatoms. The largest absolute Gasteiger partial charge is 0.313 e. The van der Waals surface area contributed by atoms with Gasteiger partial charge in [-0.3, -0.25) is 0 Å². The van der Waals surface area contributed by atoms with Gasteiger partial charge in [0.2, 0.25) is 0 Å². The smallest absolute Gasteiger partial charge is 0.159 e. The molecule has 0 aliphatic carbocycles. The Bertz CT molecular complexity index is 573. The van der Waals surface area contributed by atoms with Crippen molar-refractivity contribution in [2.45, 2.75) is 33.7 Å². The Morgan fingerprint density at radius 2 is 1.85 bits per heavy atom. The summed E-state index contributed by atoms with van der Waals surface area (Å²) in [4.78, 5) is 9.23. The van der Waals surface area contributed by atoms with Crippen LogP contribution in [0.4, 0.5) is 0 Å². The van der Waals surface area contributed by atoms with Crippen LogP contribution in [0.2, 0.25) is 5.02 Å². The van der Waals surface area contributed by atoms with Gasteiger partial charge in [0.15, 0.2) is 5.82 Å². The molecule has 0 saturated carbocycles. The maximum absolute atomic E-state index is 6.02. The molecule has 106 valence electrons. The summed E-state index contributed by atoms with van der Waals surface area (Å²) >= 11 is 6.02. The molecular formula is C16H20ClN3. The number of benzene rings is 1. The average molecular weight is 290 g/mol. The Labute approximate surface area is 125 Å². The van der Waals surface area contributed by atoms with Crippen LogP contribution in [0.25, 0.3) is 11.4 Å². The minimum atomic E-state index is 0.704. The highest BCUT2D eigenvalue weighted by Crippen LogP contribution is 2.21. The number of nitrogens with zero attached hydrogens (tertiary/aromatic N) is 2. The molecule has 1 heterocycles. The first-order chi connectivity index (χ1) is 9.61. The molecule has 1 aromatic heterocycles. The van der Waals surface area contributed by atoms with E-state index in [0.717, 1.165) is 42.3 Å². The molecule has 0 atom stereocenters. The molecule has 3 nitrogen and oxygen atoms in total. The van der Waals surface area contributed by atoms with Crippen LogP contribution >= 0.6 is 11.6 Å². The van der Waals surface area contributed by atoms with Crippen LogP contribution in [0.3, 0.4) is 0 Å². The molecule has 2 aromatic rings. The van der Waals surface area contributed by atoms with Crippen LogP contribution < -0.4 is 5.32 Å². The lowest BCUT2D eigenvalue weighted by Gasteiger charge is -2.11. The highest BCUT2D eigenvalue weighted by atomic mass is 35.5. The summed E-state index contributed by atoms with van der Waals surface area (Å²) in [6, 6.07) is 7.65. The van der Waals surface area contributed by atoms with Crippen LogP contribution in [0.1, 0.15) is 30.3 Å². The van der Waals surface area contributed by atoms with Gasteiger partial charge < -0.3 is 5.32 Å². The Morgan fingerprint density at radius 3 is 2.45 bits per heavy atom. The third-order valence-corrected chi connectivity index (χ3v) is 3.47. The van der Waals surface area contributed by atoms with Gasteiger partial charge in [0.1, 0.15) is 0 Å². The van der Waals surface area contributed by atoms with Gasteiger partial charge >= 0.3 is 0 Å². The van der Waals surface area contributed by atoms with Crippen molar-refractivity contribution >= 4 is 11.6 Å². The van der Waals surface area contributed by atoms with Crippen molar-refractivity contribution in [3.63, 3.8) is 0 Å². The average Bonchev–Trinajstić information content (AvgIpc) is 2.41. The van der Waals surface area contributed by atoms with Crippen molar-refractivity contribution in [1.82, 2.24) is 15.3 Å². The quantitative estimate of drug-likeness (QED) is 0.848. The Balaban J connectivity index is 2.30. The number of rotatable bonds is 5. The van der Waals surface area contributed by atoms with Gasteiger partial charge in [-0.15, -0.1) is 0 Å². The fraction of sp³-hybridized carbons (Fsp3) is 0.375. The zero-order valence-corrected chi connectivity index (χ0v) is 13.0.